The van der Waals surface area contributed by atoms with E-state index in [2.05, 4.69) is 46.9 Å². The largest absolute Gasteiger partial charge is 0.386 e. The van der Waals surface area contributed by atoms with E-state index in [0.717, 1.165) is 19.3 Å². The van der Waals surface area contributed by atoms with Gasteiger partial charge in [0.15, 0.2) is 0 Å². The Morgan fingerprint density at radius 1 is 1.33 bits per heavy atom. The van der Waals surface area contributed by atoms with Crippen LogP contribution in [0.3, 0.4) is 0 Å². The molecule has 1 fully saturated rings. The SMILES string of the molecule is C=CC1(C)CCC(C(C)(O)C=CC=C(C)C)CC1C(=C)C. The average Bonchev–Trinajstić information content (AvgIpc) is 2.37. The van der Waals surface area contributed by atoms with Gasteiger partial charge in [-0.15, -0.1) is 6.58 Å². The summed E-state index contributed by atoms with van der Waals surface area (Å²) < 4.78 is 0. The minimum atomic E-state index is -0.762. The second-order valence-corrected chi connectivity index (χ2v) is 7.41. The van der Waals surface area contributed by atoms with Gasteiger partial charge in [-0.25, -0.2) is 0 Å². The van der Waals surface area contributed by atoms with Gasteiger partial charge in [0.25, 0.3) is 0 Å². The predicted octanol–water partition coefficient (Wildman–Crippen LogP) is 5.44. The summed E-state index contributed by atoms with van der Waals surface area (Å²) in [7, 11) is 0. The molecule has 0 bridgehead atoms. The van der Waals surface area contributed by atoms with Gasteiger partial charge < -0.3 is 5.11 Å². The van der Waals surface area contributed by atoms with Gasteiger partial charge >= 0.3 is 0 Å². The molecule has 1 saturated carbocycles. The number of hydrogen-bond acceptors (Lipinski definition) is 1. The Hall–Kier alpha value is -1.08. The zero-order chi connectivity index (χ0) is 16.3. The zero-order valence-electron chi connectivity index (χ0n) is 14.4. The van der Waals surface area contributed by atoms with E-state index in [1.807, 2.05) is 25.2 Å². The minimum absolute atomic E-state index is 0.113. The predicted molar refractivity (Wildman–Crippen MR) is 93.1 cm³/mol. The lowest BCUT2D eigenvalue weighted by Crippen LogP contribution is -2.42. The summed E-state index contributed by atoms with van der Waals surface area (Å²) in [5.41, 5.74) is 1.79. The van der Waals surface area contributed by atoms with Crippen LogP contribution in [0.1, 0.15) is 53.9 Å². The molecule has 0 spiro atoms. The van der Waals surface area contributed by atoms with Gasteiger partial charge in [-0.05, 0) is 64.2 Å². The molecule has 118 valence electrons. The summed E-state index contributed by atoms with van der Waals surface area (Å²) in [4.78, 5) is 0. The number of hydrogen-bond donors (Lipinski definition) is 1. The molecule has 0 aromatic heterocycles. The fourth-order valence-electron chi connectivity index (χ4n) is 3.44. The van der Waals surface area contributed by atoms with Gasteiger partial charge in [-0.1, -0.05) is 49.0 Å². The third-order valence-electron chi connectivity index (χ3n) is 5.10. The molecule has 1 aliphatic rings. The maximum atomic E-state index is 10.8. The van der Waals surface area contributed by atoms with Crippen LogP contribution in [0.5, 0.6) is 0 Å². The summed E-state index contributed by atoms with van der Waals surface area (Å²) >= 11 is 0. The summed E-state index contributed by atoms with van der Waals surface area (Å²) in [5.74, 6) is 0.672. The number of rotatable bonds is 5. The Bertz CT molecular complexity index is 448. The van der Waals surface area contributed by atoms with Crippen LogP contribution in [-0.2, 0) is 0 Å². The first-order chi connectivity index (χ1) is 9.62. The first kappa shape index (κ1) is 18.0. The van der Waals surface area contributed by atoms with E-state index in [-0.39, 0.29) is 11.3 Å². The van der Waals surface area contributed by atoms with Crippen molar-refractivity contribution in [2.75, 3.05) is 0 Å². The lowest BCUT2D eigenvalue weighted by Gasteiger charge is -2.46. The molecule has 1 aliphatic carbocycles. The van der Waals surface area contributed by atoms with E-state index in [0.29, 0.717) is 5.92 Å². The van der Waals surface area contributed by atoms with Crippen molar-refractivity contribution in [2.45, 2.75) is 59.5 Å². The Balaban J connectivity index is 2.91. The number of allylic oxidation sites excluding steroid dienone is 5. The fourth-order valence-corrected chi connectivity index (χ4v) is 3.44. The molecule has 0 aromatic rings. The normalized spacial score (nSPS) is 32.5. The monoisotopic (exact) mass is 288 g/mol. The Kier molecular flexibility index (Phi) is 5.81. The first-order valence-corrected chi connectivity index (χ1v) is 7.96. The summed E-state index contributed by atoms with van der Waals surface area (Å²) in [6.07, 6.45) is 11.1. The summed E-state index contributed by atoms with van der Waals surface area (Å²) in [6, 6.07) is 0. The summed E-state index contributed by atoms with van der Waals surface area (Å²) in [5, 5.41) is 10.8. The van der Waals surface area contributed by atoms with Crippen LogP contribution in [0, 0.1) is 17.3 Å². The topological polar surface area (TPSA) is 20.2 Å². The van der Waals surface area contributed by atoms with Gasteiger partial charge in [0.2, 0.25) is 0 Å². The molecule has 0 aliphatic heterocycles. The van der Waals surface area contributed by atoms with Crippen LogP contribution in [0.4, 0.5) is 0 Å². The molecular weight excluding hydrogens is 256 g/mol. The Morgan fingerprint density at radius 2 is 1.95 bits per heavy atom. The maximum absolute atomic E-state index is 10.8. The highest BCUT2D eigenvalue weighted by Crippen LogP contribution is 2.49. The van der Waals surface area contributed by atoms with E-state index in [9.17, 15) is 5.11 Å². The van der Waals surface area contributed by atoms with Gasteiger partial charge in [-0.3, -0.25) is 0 Å². The van der Waals surface area contributed by atoms with Crippen LogP contribution >= 0.6 is 0 Å². The molecule has 4 atom stereocenters. The van der Waals surface area contributed by atoms with Crippen LogP contribution < -0.4 is 0 Å². The number of aliphatic hydroxyl groups is 1. The zero-order valence-corrected chi connectivity index (χ0v) is 14.4. The maximum Gasteiger partial charge on any atom is 0.0830 e. The third kappa shape index (κ3) is 4.44. The van der Waals surface area contributed by atoms with Crippen molar-refractivity contribution in [2.24, 2.45) is 17.3 Å². The molecular formula is C20H32O. The molecule has 1 nitrogen and oxygen atoms in total. The molecule has 0 saturated heterocycles. The van der Waals surface area contributed by atoms with Gasteiger partial charge in [0.1, 0.15) is 0 Å². The molecule has 1 rings (SSSR count). The Labute approximate surface area is 131 Å². The van der Waals surface area contributed by atoms with E-state index in [1.165, 1.54) is 11.1 Å². The smallest absolute Gasteiger partial charge is 0.0830 e. The van der Waals surface area contributed by atoms with E-state index >= 15 is 0 Å². The minimum Gasteiger partial charge on any atom is -0.386 e. The highest BCUT2D eigenvalue weighted by atomic mass is 16.3. The quantitative estimate of drug-likeness (QED) is 0.527. The van der Waals surface area contributed by atoms with Gasteiger partial charge in [0, 0.05) is 0 Å². The lowest BCUT2D eigenvalue weighted by atomic mass is 9.59. The molecule has 0 heterocycles. The van der Waals surface area contributed by atoms with Crippen molar-refractivity contribution in [3.63, 3.8) is 0 Å². The standard InChI is InChI=1S/C20H32O/c1-8-19(6)13-11-17(14-18(19)16(4)5)20(7,21)12-9-10-15(2)3/h8-10,12,17-18,21H,1,4,11,13-14H2,2-3,5-7H3. The van der Waals surface area contributed by atoms with Crippen molar-refractivity contribution in [3.8, 4) is 0 Å². The van der Waals surface area contributed by atoms with Gasteiger partial charge in [0.05, 0.1) is 5.60 Å². The van der Waals surface area contributed by atoms with E-state index < -0.39 is 5.60 Å². The molecule has 0 radical (unpaired) electrons. The van der Waals surface area contributed by atoms with Crippen LogP contribution in [0.15, 0.2) is 48.6 Å². The molecule has 0 aromatic carbocycles. The average molecular weight is 288 g/mol. The first-order valence-electron chi connectivity index (χ1n) is 7.96. The molecule has 1 heteroatoms. The van der Waals surface area contributed by atoms with Crippen LogP contribution in [0.2, 0.25) is 0 Å². The molecule has 21 heavy (non-hydrogen) atoms. The van der Waals surface area contributed by atoms with Crippen molar-refractivity contribution < 1.29 is 5.11 Å². The van der Waals surface area contributed by atoms with Crippen molar-refractivity contribution >= 4 is 0 Å². The highest BCUT2D eigenvalue weighted by molar-refractivity contribution is 5.17. The second-order valence-electron chi connectivity index (χ2n) is 7.41. The van der Waals surface area contributed by atoms with Crippen LogP contribution in [0.25, 0.3) is 0 Å². The molecule has 4 unspecified atom stereocenters. The van der Waals surface area contributed by atoms with Crippen LogP contribution in [-0.4, -0.2) is 10.7 Å². The van der Waals surface area contributed by atoms with Crippen molar-refractivity contribution in [1.82, 2.24) is 0 Å². The van der Waals surface area contributed by atoms with Crippen molar-refractivity contribution in [3.05, 3.63) is 48.6 Å². The Morgan fingerprint density at radius 3 is 2.43 bits per heavy atom. The second kappa shape index (κ2) is 6.79. The highest BCUT2D eigenvalue weighted by Gasteiger charge is 2.42. The molecule has 1 N–H and O–H groups in total. The fraction of sp³-hybridized carbons (Fsp3) is 0.600. The molecule has 0 amide bonds. The van der Waals surface area contributed by atoms with E-state index in [1.54, 1.807) is 0 Å². The van der Waals surface area contributed by atoms with E-state index in [4.69, 9.17) is 0 Å². The summed E-state index contributed by atoms with van der Waals surface area (Å²) in [6.45, 7) is 18.6. The lowest BCUT2D eigenvalue weighted by molar-refractivity contribution is -0.00222. The third-order valence-corrected chi connectivity index (χ3v) is 5.10. The van der Waals surface area contributed by atoms with Crippen molar-refractivity contribution in [1.29, 1.82) is 0 Å². The van der Waals surface area contributed by atoms with Gasteiger partial charge in [-0.2, -0.15) is 0 Å².